The van der Waals surface area contributed by atoms with Crippen LogP contribution >= 0.6 is 15.9 Å². The van der Waals surface area contributed by atoms with Gasteiger partial charge in [0.05, 0.1) is 15.7 Å². The summed E-state index contributed by atoms with van der Waals surface area (Å²) in [7, 11) is 1.78. The summed E-state index contributed by atoms with van der Waals surface area (Å²) in [4.78, 5) is 0. The van der Waals surface area contributed by atoms with Gasteiger partial charge in [-0.2, -0.15) is 5.10 Å². The Morgan fingerprint density at radius 3 is 2.78 bits per heavy atom. The molecule has 0 unspecified atom stereocenters. The fourth-order valence-electron chi connectivity index (χ4n) is 1.64. The van der Waals surface area contributed by atoms with E-state index in [0.29, 0.717) is 22.6 Å². The summed E-state index contributed by atoms with van der Waals surface area (Å²) in [6.07, 6.45) is 0. The Hall–Kier alpha value is -1.56. The molecule has 0 fully saturated rings. The molecule has 4 nitrogen and oxygen atoms in total. The second-order valence-electron chi connectivity index (χ2n) is 3.94. The van der Waals surface area contributed by atoms with E-state index in [1.807, 2.05) is 6.92 Å². The summed E-state index contributed by atoms with van der Waals surface area (Å²) in [5.41, 5.74) is 7.55. The van der Waals surface area contributed by atoms with Crippen molar-refractivity contribution in [3.05, 3.63) is 39.7 Å². The lowest BCUT2D eigenvalue weighted by Gasteiger charge is -2.08. The van der Waals surface area contributed by atoms with E-state index in [0.717, 1.165) is 11.3 Å². The molecule has 0 aliphatic heterocycles. The maximum absolute atomic E-state index is 12.9. The number of halogens is 2. The Bertz CT molecular complexity index is 583. The van der Waals surface area contributed by atoms with Gasteiger partial charge in [-0.25, -0.2) is 4.39 Å². The molecule has 18 heavy (non-hydrogen) atoms. The number of hydrogen-bond donors (Lipinski definition) is 1. The SMILES string of the molecule is Cc1nn(C)c(N)c1COc1ccc(F)cc1Br. The molecule has 1 aromatic carbocycles. The van der Waals surface area contributed by atoms with Crippen molar-refractivity contribution in [2.75, 3.05) is 5.73 Å². The fraction of sp³-hybridized carbons (Fsp3) is 0.250. The number of ether oxygens (including phenoxy) is 1. The highest BCUT2D eigenvalue weighted by atomic mass is 79.9. The molecule has 0 amide bonds. The summed E-state index contributed by atoms with van der Waals surface area (Å²) < 4.78 is 20.7. The number of anilines is 1. The molecule has 2 N–H and O–H groups in total. The van der Waals surface area contributed by atoms with Crippen molar-refractivity contribution in [3.8, 4) is 5.75 Å². The topological polar surface area (TPSA) is 53.1 Å². The molecule has 6 heteroatoms. The molecule has 0 aliphatic carbocycles. The number of nitrogen functional groups attached to an aromatic ring is 1. The number of benzene rings is 1. The van der Waals surface area contributed by atoms with E-state index in [9.17, 15) is 4.39 Å². The highest BCUT2D eigenvalue weighted by Crippen LogP contribution is 2.27. The monoisotopic (exact) mass is 313 g/mol. The van der Waals surface area contributed by atoms with Gasteiger partial charge >= 0.3 is 0 Å². The second kappa shape index (κ2) is 4.97. The van der Waals surface area contributed by atoms with Crippen LogP contribution in [0.25, 0.3) is 0 Å². The van der Waals surface area contributed by atoms with E-state index in [4.69, 9.17) is 10.5 Å². The predicted octanol–water partition coefficient (Wildman–Crippen LogP) is 2.79. The zero-order valence-corrected chi connectivity index (χ0v) is 11.7. The summed E-state index contributed by atoms with van der Waals surface area (Å²) in [6, 6.07) is 4.27. The zero-order valence-electron chi connectivity index (χ0n) is 10.1. The van der Waals surface area contributed by atoms with Gasteiger partial charge in [0, 0.05) is 7.05 Å². The van der Waals surface area contributed by atoms with Crippen LogP contribution in [0.15, 0.2) is 22.7 Å². The van der Waals surface area contributed by atoms with Crippen LogP contribution in [0.5, 0.6) is 5.75 Å². The molecule has 1 aromatic heterocycles. The van der Waals surface area contributed by atoms with Crippen molar-refractivity contribution in [2.45, 2.75) is 13.5 Å². The van der Waals surface area contributed by atoms with E-state index in [-0.39, 0.29) is 5.82 Å². The zero-order chi connectivity index (χ0) is 13.3. The third kappa shape index (κ3) is 2.48. The van der Waals surface area contributed by atoms with Gasteiger partial charge in [-0.05, 0) is 41.1 Å². The number of aryl methyl sites for hydroxylation is 2. The smallest absolute Gasteiger partial charge is 0.134 e. The van der Waals surface area contributed by atoms with Crippen molar-refractivity contribution in [1.82, 2.24) is 9.78 Å². The standard InChI is InChI=1S/C12H13BrFN3O/c1-7-9(12(15)17(2)16-7)6-18-11-4-3-8(14)5-10(11)13/h3-5H,6,15H2,1-2H3. The number of hydrogen-bond acceptors (Lipinski definition) is 3. The molecular weight excluding hydrogens is 301 g/mol. The maximum Gasteiger partial charge on any atom is 0.134 e. The van der Waals surface area contributed by atoms with Crippen LogP contribution in [0, 0.1) is 12.7 Å². The van der Waals surface area contributed by atoms with Crippen molar-refractivity contribution < 1.29 is 9.13 Å². The molecule has 0 aliphatic rings. The second-order valence-corrected chi connectivity index (χ2v) is 4.79. The minimum absolute atomic E-state index is 0.301. The lowest BCUT2D eigenvalue weighted by Crippen LogP contribution is -2.03. The predicted molar refractivity (Wildman–Crippen MR) is 70.8 cm³/mol. The van der Waals surface area contributed by atoms with Gasteiger partial charge in [0.2, 0.25) is 0 Å². The summed E-state index contributed by atoms with van der Waals surface area (Å²) in [5.74, 6) is 0.830. The van der Waals surface area contributed by atoms with Crippen LogP contribution in [0.3, 0.4) is 0 Å². The maximum atomic E-state index is 12.9. The first-order valence-electron chi connectivity index (χ1n) is 5.35. The number of nitrogens with zero attached hydrogens (tertiary/aromatic N) is 2. The highest BCUT2D eigenvalue weighted by molar-refractivity contribution is 9.10. The van der Waals surface area contributed by atoms with E-state index >= 15 is 0 Å². The molecule has 0 saturated carbocycles. The van der Waals surface area contributed by atoms with Crippen LogP contribution in [0.4, 0.5) is 10.2 Å². The third-order valence-corrected chi connectivity index (χ3v) is 3.28. The van der Waals surface area contributed by atoms with Gasteiger partial charge < -0.3 is 10.5 Å². The fourth-order valence-corrected chi connectivity index (χ4v) is 2.11. The summed E-state index contributed by atoms with van der Waals surface area (Å²) in [5, 5.41) is 4.20. The van der Waals surface area contributed by atoms with Crippen LogP contribution in [-0.2, 0) is 13.7 Å². The molecule has 0 spiro atoms. The normalized spacial score (nSPS) is 10.7. The third-order valence-electron chi connectivity index (χ3n) is 2.66. The molecule has 2 rings (SSSR count). The number of nitrogens with two attached hydrogens (primary N) is 1. The quantitative estimate of drug-likeness (QED) is 0.948. The molecular formula is C12H13BrFN3O. The Morgan fingerprint density at radius 2 is 2.22 bits per heavy atom. The van der Waals surface area contributed by atoms with E-state index in [2.05, 4.69) is 21.0 Å². The Balaban J connectivity index is 2.16. The number of rotatable bonds is 3. The van der Waals surface area contributed by atoms with E-state index in [1.165, 1.54) is 12.1 Å². The average Bonchev–Trinajstić information content (AvgIpc) is 2.53. The summed E-state index contributed by atoms with van der Waals surface area (Å²) >= 11 is 3.25. The highest BCUT2D eigenvalue weighted by Gasteiger charge is 2.11. The lowest BCUT2D eigenvalue weighted by atomic mass is 10.2. The molecule has 1 heterocycles. The van der Waals surface area contributed by atoms with Crippen molar-refractivity contribution >= 4 is 21.7 Å². The van der Waals surface area contributed by atoms with E-state index in [1.54, 1.807) is 17.8 Å². The average molecular weight is 314 g/mol. The van der Waals surface area contributed by atoms with Gasteiger partial charge in [-0.15, -0.1) is 0 Å². The van der Waals surface area contributed by atoms with Gasteiger partial charge in [0.25, 0.3) is 0 Å². The van der Waals surface area contributed by atoms with Gasteiger partial charge in [-0.1, -0.05) is 0 Å². The van der Waals surface area contributed by atoms with Crippen molar-refractivity contribution in [3.63, 3.8) is 0 Å². The van der Waals surface area contributed by atoms with Crippen LogP contribution < -0.4 is 10.5 Å². The first-order valence-corrected chi connectivity index (χ1v) is 6.14. The molecule has 96 valence electrons. The van der Waals surface area contributed by atoms with Gasteiger partial charge in [0.15, 0.2) is 0 Å². The van der Waals surface area contributed by atoms with Crippen LogP contribution in [0.1, 0.15) is 11.3 Å². The van der Waals surface area contributed by atoms with Gasteiger partial charge in [-0.3, -0.25) is 4.68 Å². The minimum atomic E-state index is -0.314. The molecule has 0 bridgehead atoms. The Morgan fingerprint density at radius 1 is 1.50 bits per heavy atom. The van der Waals surface area contributed by atoms with Crippen LogP contribution in [-0.4, -0.2) is 9.78 Å². The Labute approximate surface area is 113 Å². The summed E-state index contributed by atoms with van der Waals surface area (Å²) in [6.45, 7) is 2.17. The number of aromatic nitrogens is 2. The van der Waals surface area contributed by atoms with Crippen molar-refractivity contribution in [2.24, 2.45) is 7.05 Å². The first kappa shape index (κ1) is 12.9. The molecule has 0 saturated heterocycles. The molecule has 0 radical (unpaired) electrons. The molecule has 0 atom stereocenters. The van der Waals surface area contributed by atoms with Crippen molar-refractivity contribution in [1.29, 1.82) is 0 Å². The minimum Gasteiger partial charge on any atom is -0.488 e. The first-order chi connectivity index (χ1) is 8.49. The van der Waals surface area contributed by atoms with E-state index < -0.39 is 0 Å². The van der Waals surface area contributed by atoms with Crippen LogP contribution in [0.2, 0.25) is 0 Å². The molecule has 2 aromatic rings. The Kier molecular flexibility index (Phi) is 3.56. The van der Waals surface area contributed by atoms with Gasteiger partial charge in [0.1, 0.15) is 24.0 Å². The lowest BCUT2D eigenvalue weighted by molar-refractivity contribution is 0.303. The largest absolute Gasteiger partial charge is 0.488 e.